The van der Waals surface area contributed by atoms with Crippen molar-refractivity contribution in [3.63, 3.8) is 0 Å². The van der Waals surface area contributed by atoms with E-state index in [4.69, 9.17) is 4.98 Å². The molecule has 3 aromatic rings. The molecule has 1 aliphatic rings. The highest BCUT2D eigenvalue weighted by molar-refractivity contribution is 7.10. The first-order chi connectivity index (χ1) is 12.2. The van der Waals surface area contributed by atoms with E-state index in [0.29, 0.717) is 6.04 Å². The number of pyridine rings is 1. The molecule has 0 bridgehead atoms. The van der Waals surface area contributed by atoms with E-state index >= 15 is 0 Å². The average Bonchev–Trinajstić information content (AvgIpc) is 3.22. The van der Waals surface area contributed by atoms with Crippen molar-refractivity contribution in [2.75, 3.05) is 13.1 Å². The number of piperidine rings is 1. The summed E-state index contributed by atoms with van der Waals surface area (Å²) in [4.78, 5) is 12.9. The summed E-state index contributed by atoms with van der Waals surface area (Å²) < 4.78 is 2.43. The molecule has 4 heterocycles. The number of hydrogen-bond acceptors (Lipinski definition) is 4. The number of imidazole rings is 1. The van der Waals surface area contributed by atoms with Crippen LogP contribution in [0.15, 0.2) is 42.2 Å². The van der Waals surface area contributed by atoms with Gasteiger partial charge in [0, 0.05) is 53.9 Å². The first-order valence-electron chi connectivity index (χ1n) is 8.92. The van der Waals surface area contributed by atoms with Crippen molar-refractivity contribution in [2.45, 2.75) is 39.3 Å². The summed E-state index contributed by atoms with van der Waals surface area (Å²) in [6, 6.07) is 6.81. The van der Waals surface area contributed by atoms with Crippen molar-refractivity contribution in [3.8, 4) is 11.4 Å². The van der Waals surface area contributed by atoms with Crippen LogP contribution < -0.4 is 0 Å². The molecule has 25 heavy (non-hydrogen) atoms. The van der Waals surface area contributed by atoms with Crippen LogP contribution in [0.4, 0.5) is 0 Å². The molecule has 1 aliphatic heterocycles. The summed E-state index contributed by atoms with van der Waals surface area (Å²) in [6.07, 6.45) is 8.14. The lowest BCUT2D eigenvalue weighted by Crippen LogP contribution is -2.36. The normalized spacial score (nSPS) is 18.6. The summed E-state index contributed by atoms with van der Waals surface area (Å²) in [6.45, 7) is 7.73. The molecular formula is C20H24N4S. The van der Waals surface area contributed by atoms with Crippen LogP contribution >= 0.6 is 11.3 Å². The monoisotopic (exact) mass is 352 g/mol. The fourth-order valence-corrected chi connectivity index (χ4v) is 4.72. The third kappa shape index (κ3) is 3.39. The number of thiophene rings is 1. The van der Waals surface area contributed by atoms with Crippen molar-refractivity contribution < 1.29 is 0 Å². The number of hydrogen-bond donors (Lipinski definition) is 0. The molecule has 0 saturated carbocycles. The summed E-state index contributed by atoms with van der Waals surface area (Å²) >= 11 is 1.88. The van der Waals surface area contributed by atoms with Crippen molar-refractivity contribution >= 4 is 11.3 Å². The van der Waals surface area contributed by atoms with Gasteiger partial charge < -0.3 is 4.57 Å². The molecule has 1 saturated heterocycles. The SMILES string of the molecule is Cc1ccsc1CN1CCCC(n2c(C)cnc2-c2ccncc2)C1. The standard InChI is InChI=1S/C20H24N4S/c1-15-7-11-25-19(15)14-23-10-3-4-18(13-23)24-16(2)12-22-20(24)17-5-8-21-9-6-17/h5-9,11-12,18H,3-4,10,13-14H2,1-2H3. The molecule has 3 aromatic heterocycles. The second kappa shape index (κ2) is 7.10. The van der Waals surface area contributed by atoms with Crippen LogP contribution in [-0.2, 0) is 6.54 Å². The number of aryl methyl sites for hydroxylation is 2. The second-order valence-corrected chi connectivity index (χ2v) is 7.89. The first-order valence-corrected chi connectivity index (χ1v) is 9.80. The minimum atomic E-state index is 0.486. The van der Waals surface area contributed by atoms with Gasteiger partial charge in [-0.1, -0.05) is 0 Å². The zero-order valence-corrected chi connectivity index (χ0v) is 15.7. The van der Waals surface area contributed by atoms with E-state index in [-0.39, 0.29) is 0 Å². The number of rotatable bonds is 4. The minimum Gasteiger partial charge on any atom is -0.324 e. The van der Waals surface area contributed by atoms with Gasteiger partial charge in [-0.2, -0.15) is 0 Å². The number of nitrogens with zero attached hydrogens (tertiary/aromatic N) is 4. The molecule has 0 spiro atoms. The Kier molecular flexibility index (Phi) is 4.68. The lowest BCUT2D eigenvalue weighted by molar-refractivity contribution is 0.171. The average molecular weight is 353 g/mol. The van der Waals surface area contributed by atoms with E-state index in [1.165, 1.54) is 35.5 Å². The molecule has 0 amide bonds. The maximum Gasteiger partial charge on any atom is 0.140 e. The van der Waals surface area contributed by atoms with E-state index in [9.17, 15) is 0 Å². The Morgan fingerprint density at radius 3 is 2.80 bits per heavy atom. The summed E-state index contributed by atoms with van der Waals surface area (Å²) in [5.74, 6) is 1.07. The lowest BCUT2D eigenvalue weighted by atomic mass is 10.0. The van der Waals surface area contributed by atoms with Gasteiger partial charge in [-0.05, 0) is 62.4 Å². The molecule has 1 unspecified atom stereocenters. The van der Waals surface area contributed by atoms with Crippen molar-refractivity contribution in [3.05, 3.63) is 58.3 Å². The van der Waals surface area contributed by atoms with Crippen LogP contribution in [0.25, 0.3) is 11.4 Å². The highest BCUT2D eigenvalue weighted by Gasteiger charge is 2.25. The molecule has 5 heteroatoms. The molecule has 0 aromatic carbocycles. The molecule has 0 N–H and O–H groups in total. The Hall–Kier alpha value is -1.98. The predicted molar refractivity (Wildman–Crippen MR) is 103 cm³/mol. The molecule has 0 aliphatic carbocycles. The number of likely N-dealkylation sites (tertiary alicyclic amines) is 1. The highest BCUT2D eigenvalue weighted by Crippen LogP contribution is 2.30. The van der Waals surface area contributed by atoms with E-state index < -0.39 is 0 Å². The molecular weight excluding hydrogens is 328 g/mol. The lowest BCUT2D eigenvalue weighted by Gasteiger charge is -2.34. The molecule has 1 atom stereocenters. The van der Waals surface area contributed by atoms with Crippen LogP contribution in [-0.4, -0.2) is 32.5 Å². The van der Waals surface area contributed by atoms with Crippen molar-refractivity contribution in [1.29, 1.82) is 0 Å². The van der Waals surface area contributed by atoms with Crippen LogP contribution in [0.5, 0.6) is 0 Å². The van der Waals surface area contributed by atoms with Crippen molar-refractivity contribution in [2.24, 2.45) is 0 Å². The van der Waals surface area contributed by atoms with Gasteiger partial charge in [0.05, 0.1) is 0 Å². The molecule has 0 radical (unpaired) electrons. The minimum absolute atomic E-state index is 0.486. The Bertz CT molecular complexity index is 837. The summed E-state index contributed by atoms with van der Waals surface area (Å²) in [5.41, 5.74) is 3.81. The molecule has 4 rings (SSSR count). The third-order valence-electron chi connectivity index (χ3n) is 5.10. The van der Waals surface area contributed by atoms with Gasteiger partial charge in [0.15, 0.2) is 0 Å². The third-order valence-corrected chi connectivity index (χ3v) is 6.11. The quantitative estimate of drug-likeness (QED) is 0.695. The largest absolute Gasteiger partial charge is 0.324 e. The Morgan fingerprint density at radius 2 is 2.04 bits per heavy atom. The second-order valence-electron chi connectivity index (χ2n) is 6.89. The Morgan fingerprint density at radius 1 is 1.20 bits per heavy atom. The van der Waals surface area contributed by atoms with Gasteiger partial charge in [0.25, 0.3) is 0 Å². The number of aromatic nitrogens is 3. The Labute approximate surface area is 153 Å². The maximum atomic E-state index is 4.69. The van der Waals surface area contributed by atoms with Gasteiger partial charge in [-0.25, -0.2) is 4.98 Å². The smallest absolute Gasteiger partial charge is 0.140 e. The van der Waals surface area contributed by atoms with Gasteiger partial charge >= 0.3 is 0 Å². The zero-order chi connectivity index (χ0) is 17.2. The zero-order valence-electron chi connectivity index (χ0n) is 14.9. The topological polar surface area (TPSA) is 34.0 Å². The van der Waals surface area contributed by atoms with Gasteiger partial charge in [-0.3, -0.25) is 9.88 Å². The molecule has 1 fully saturated rings. The Balaban J connectivity index is 1.58. The van der Waals surface area contributed by atoms with E-state index in [0.717, 1.165) is 24.5 Å². The van der Waals surface area contributed by atoms with Gasteiger partial charge in [0.1, 0.15) is 5.82 Å². The van der Waals surface area contributed by atoms with Crippen LogP contribution in [0.1, 0.15) is 35.0 Å². The van der Waals surface area contributed by atoms with Crippen LogP contribution in [0.2, 0.25) is 0 Å². The van der Waals surface area contributed by atoms with E-state index in [2.05, 4.69) is 39.7 Å². The van der Waals surface area contributed by atoms with Crippen molar-refractivity contribution in [1.82, 2.24) is 19.4 Å². The highest BCUT2D eigenvalue weighted by atomic mass is 32.1. The van der Waals surface area contributed by atoms with Crippen LogP contribution in [0, 0.1) is 13.8 Å². The predicted octanol–water partition coefficient (Wildman–Crippen LogP) is 4.46. The van der Waals surface area contributed by atoms with Gasteiger partial charge in [0.2, 0.25) is 0 Å². The fourth-order valence-electron chi connectivity index (χ4n) is 3.78. The van der Waals surface area contributed by atoms with E-state index in [1.807, 2.05) is 42.1 Å². The molecule has 4 nitrogen and oxygen atoms in total. The summed E-state index contributed by atoms with van der Waals surface area (Å²) in [5, 5.41) is 2.20. The molecule has 130 valence electrons. The first kappa shape index (κ1) is 16.5. The summed E-state index contributed by atoms with van der Waals surface area (Å²) in [7, 11) is 0. The van der Waals surface area contributed by atoms with E-state index in [1.54, 1.807) is 0 Å². The maximum absolute atomic E-state index is 4.69. The van der Waals surface area contributed by atoms with Crippen LogP contribution in [0.3, 0.4) is 0 Å². The fraction of sp³-hybridized carbons (Fsp3) is 0.400. The van der Waals surface area contributed by atoms with Gasteiger partial charge in [-0.15, -0.1) is 11.3 Å².